The van der Waals surface area contributed by atoms with Crippen molar-refractivity contribution < 1.29 is 19.4 Å². The SMILES string of the molecule is Cc1ccc(-n2nc(C(=O)N3CCOC(CC(=O)O)C3)c3c2CCC3)cc1. The summed E-state index contributed by atoms with van der Waals surface area (Å²) < 4.78 is 7.38. The molecule has 7 heteroatoms. The number of ether oxygens (including phenoxy) is 1. The summed E-state index contributed by atoms with van der Waals surface area (Å²) in [4.78, 5) is 25.8. The zero-order chi connectivity index (χ0) is 19.0. The number of aliphatic carboxylic acids is 1. The number of benzene rings is 1. The van der Waals surface area contributed by atoms with E-state index in [9.17, 15) is 9.59 Å². The fourth-order valence-corrected chi connectivity index (χ4v) is 3.88. The topological polar surface area (TPSA) is 84.7 Å². The predicted molar refractivity (Wildman–Crippen MR) is 98.2 cm³/mol. The van der Waals surface area contributed by atoms with E-state index >= 15 is 0 Å². The second-order valence-electron chi connectivity index (χ2n) is 7.22. The molecule has 1 aliphatic heterocycles. The highest BCUT2D eigenvalue weighted by Gasteiger charge is 2.32. The molecule has 1 aromatic heterocycles. The molecule has 1 unspecified atom stereocenters. The quantitative estimate of drug-likeness (QED) is 0.891. The second kappa shape index (κ2) is 7.15. The Labute approximate surface area is 157 Å². The summed E-state index contributed by atoms with van der Waals surface area (Å²) >= 11 is 0. The molecule has 2 aromatic rings. The maximum Gasteiger partial charge on any atom is 0.306 e. The predicted octanol–water partition coefficient (Wildman–Crippen LogP) is 1.99. The summed E-state index contributed by atoms with van der Waals surface area (Å²) in [6.07, 6.45) is 2.22. The van der Waals surface area contributed by atoms with Gasteiger partial charge in [-0.2, -0.15) is 5.10 Å². The van der Waals surface area contributed by atoms with Crippen LogP contribution in [-0.2, 0) is 22.4 Å². The van der Waals surface area contributed by atoms with E-state index in [1.807, 2.05) is 35.9 Å². The van der Waals surface area contributed by atoms with Gasteiger partial charge >= 0.3 is 5.97 Å². The van der Waals surface area contributed by atoms with E-state index in [1.165, 1.54) is 5.56 Å². The first-order chi connectivity index (χ1) is 13.0. The van der Waals surface area contributed by atoms with Gasteiger partial charge in [-0.3, -0.25) is 9.59 Å². The Hall–Kier alpha value is -2.67. The zero-order valence-electron chi connectivity index (χ0n) is 15.4. The van der Waals surface area contributed by atoms with Gasteiger partial charge in [-0.25, -0.2) is 4.68 Å². The molecule has 0 spiro atoms. The Kier molecular flexibility index (Phi) is 4.70. The minimum absolute atomic E-state index is 0.0975. The molecule has 0 radical (unpaired) electrons. The number of hydrogen-bond donors (Lipinski definition) is 1. The first-order valence-corrected chi connectivity index (χ1v) is 9.33. The summed E-state index contributed by atoms with van der Waals surface area (Å²) in [6.45, 7) is 3.14. The molecule has 27 heavy (non-hydrogen) atoms. The number of carbonyl (C=O) groups excluding carboxylic acids is 1. The number of nitrogens with zero attached hydrogens (tertiary/aromatic N) is 3. The Morgan fingerprint density at radius 1 is 1.26 bits per heavy atom. The normalized spacial score (nSPS) is 19.1. The summed E-state index contributed by atoms with van der Waals surface area (Å²) in [7, 11) is 0. The molecule has 2 heterocycles. The molecule has 142 valence electrons. The van der Waals surface area contributed by atoms with E-state index in [1.54, 1.807) is 4.90 Å². The molecule has 1 N–H and O–H groups in total. The van der Waals surface area contributed by atoms with Crippen LogP contribution in [0.25, 0.3) is 5.69 Å². The molecule has 4 rings (SSSR count). The van der Waals surface area contributed by atoms with E-state index in [-0.39, 0.29) is 18.9 Å². The highest BCUT2D eigenvalue weighted by atomic mass is 16.5. The monoisotopic (exact) mass is 369 g/mol. The van der Waals surface area contributed by atoms with Gasteiger partial charge in [-0.15, -0.1) is 0 Å². The molecule has 1 atom stereocenters. The van der Waals surface area contributed by atoms with Crippen molar-refractivity contribution in [3.05, 3.63) is 46.8 Å². The largest absolute Gasteiger partial charge is 0.481 e. The van der Waals surface area contributed by atoms with Crippen LogP contribution in [0, 0.1) is 6.92 Å². The number of aryl methyl sites for hydroxylation is 1. The third-order valence-electron chi connectivity index (χ3n) is 5.24. The van der Waals surface area contributed by atoms with Crippen molar-refractivity contribution in [3.8, 4) is 5.69 Å². The number of aromatic nitrogens is 2. The van der Waals surface area contributed by atoms with Crippen LogP contribution in [-0.4, -0.2) is 57.5 Å². The number of fused-ring (bicyclic) bond motifs is 1. The van der Waals surface area contributed by atoms with E-state index in [0.29, 0.717) is 18.8 Å². The average Bonchev–Trinajstić information content (AvgIpc) is 3.24. The maximum absolute atomic E-state index is 13.1. The third-order valence-corrected chi connectivity index (χ3v) is 5.24. The van der Waals surface area contributed by atoms with Crippen LogP contribution in [0.1, 0.15) is 40.2 Å². The fraction of sp³-hybridized carbons (Fsp3) is 0.450. The minimum atomic E-state index is -0.918. The molecular formula is C20H23N3O4. The van der Waals surface area contributed by atoms with Crippen LogP contribution in [0.2, 0.25) is 0 Å². The molecule has 7 nitrogen and oxygen atoms in total. The molecule has 1 aromatic carbocycles. The fourth-order valence-electron chi connectivity index (χ4n) is 3.88. The summed E-state index contributed by atoms with van der Waals surface area (Å²) in [5, 5.41) is 13.6. The second-order valence-corrected chi connectivity index (χ2v) is 7.22. The Morgan fingerprint density at radius 2 is 2.04 bits per heavy atom. The van der Waals surface area contributed by atoms with Crippen LogP contribution < -0.4 is 0 Å². The summed E-state index contributed by atoms with van der Waals surface area (Å²) in [5.74, 6) is -1.04. The van der Waals surface area contributed by atoms with Crippen molar-refractivity contribution in [1.29, 1.82) is 0 Å². The number of carboxylic acid groups (broad SMARTS) is 1. The first-order valence-electron chi connectivity index (χ1n) is 9.33. The Balaban J connectivity index is 1.62. The van der Waals surface area contributed by atoms with E-state index in [2.05, 4.69) is 5.10 Å². The van der Waals surface area contributed by atoms with Crippen LogP contribution in [0.5, 0.6) is 0 Å². The lowest BCUT2D eigenvalue weighted by atomic mass is 10.1. The Bertz CT molecular complexity index is 872. The average molecular weight is 369 g/mol. The van der Waals surface area contributed by atoms with E-state index in [0.717, 1.165) is 36.2 Å². The van der Waals surface area contributed by atoms with Crippen LogP contribution in [0.3, 0.4) is 0 Å². The Morgan fingerprint density at radius 3 is 2.78 bits per heavy atom. The summed E-state index contributed by atoms with van der Waals surface area (Å²) in [6, 6.07) is 8.12. The van der Waals surface area contributed by atoms with Gasteiger partial charge in [0.15, 0.2) is 5.69 Å². The molecule has 1 amide bonds. The smallest absolute Gasteiger partial charge is 0.306 e. The molecule has 1 saturated heterocycles. The van der Waals surface area contributed by atoms with Crippen molar-refractivity contribution in [3.63, 3.8) is 0 Å². The zero-order valence-corrected chi connectivity index (χ0v) is 15.4. The van der Waals surface area contributed by atoms with Gasteiger partial charge in [0.05, 0.1) is 24.8 Å². The molecule has 0 bridgehead atoms. The first kappa shape index (κ1) is 17.7. The van der Waals surface area contributed by atoms with Crippen LogP contribution >= 0.6 is 0 Å². The molecule has 2 aliphatic rings. The third kappa shape index (κ3) is 3.47. The van der Waals surface area contributed by atoms with Crippen molar-refractivity contribution in [1.82, 2.24) is 14.7 Å². The van der Waals surface area contributed by atoms with Gasteiger partial charge < -0.3 is 14.7 Å². The number of hydrogen-bond acceptors (Lipinski definition) is 4. The van der Waals surface area contributed by atoms with Crippen LogP contribution in [0.15, 0.2) is 24.3 Å². The lowest BCUT2D eigenvalue weighted by Crippen LogP contribution is -2.46. The lowest BCUT2D eigenvalue weighted by Gasteiger charge is -2.32. The van der Waals surface area contributed by atoms with Gasteiger partial charge in [0.2, 0.25) is 0 Å². The van der Waals surface area contributed by atoms with Crippen LogP contribution in [0.4, 0.5) is 0 Å². The number of carboxylic acids is 1. The number of morpholine rings is 1. The molecular weight excluding hydrogens is 346 g/mol. The molecule has 1 aliphatic carbocycles. The van der Waals surface area contributed by atoms with Crippen molar-refractivity contribution in [2.24, 2.45) is 0 Å². The lowest BCUT2D eigenvalue weighted by molar-refractivity contribution is -0.141. The van der Waals surface area contributed by atoms with Gasteiger partial charge in [0.25, 0.3) is 5.91 Å². The van der Waals surface area contributed by atoms with Gasteiger partial charge in [0.1, 0.15) is 0 Å². The van der Waals surface area contributed by atoms with E-state index in [4.69, 9.17) is 9.84 Å². The van der Waals surface area contributed by atoms with E-state index < -0.39 is 12.1 Å². The number of carbonyl (C=O) groups is 2. The van der Waals surface area contributed by atoms with Crippen molar-refractivity contribution in [2.45, 2.75) is 38.7 Å². The highest BCUT2D eigenvalue weighted by molar-refractivity contribution is 5.94. The van der Waals surface area contributed by atoms with Crippen molar-refractivity contribution >= 4 is 11.9 Å². The standard InChI is InChI=1S/C20H23N3O4/c1-13-5-7-14(8-6-13)23-17-4-2-3-16(17)19(21-23)20(26)22-9-10-27-15(12-22)11-18(24)25/h5-8,15H,2-4,9-12H2,1H3,(H,24,25). The highest BCUT2D eigenvalue weighted by Crippen LogP contribution is 2.29. The number of amides is 1. The van der Waals surface area contributed by atoms with Gasteiger partial charge in [-0.1, -0.05) is 17.7 Å². The molecule has 0 saturated carbocycles. The van der Waals surface area contributed by atoms with Crippen molar-refractivity contribution in [2.75, 3.05) is 19.7 Å². The molecule has 1 fully saturated rings. The van der Waals surface area contributed by atoms with Gasteiger partial charge in [-0.05, 0) is 38.3 Å². The number of rotatable bonds is 4. The van der Waals surface area contributed by atoms with Gasteiger partial charge in [0, 0.05) is 24.3 Å². The maximum atomic E-state index is 13.1. The summed E-state index contributed by atoms with van der Waals surface area (Å²) in [5.41, 5.74) is 4.78. The minimum Gasteiger partial charge on any atom is -0.481 e.